The van der Waals surface area contributed by atoms with Crippen LogP contribution in [0.2, 0.25) is 0 Å². The van der Waals surface area contributed by atoms with Crippen LogP contribution in [0.5, 0.6) is 0 Å². The van der Waals surface area contributed by atoms with Crippen LogP contribution in [-0.4, -0.2) is 44.8 Å². The van der Waals surface area contributed by atoms with Crippen LogP contribution in [0.25, 0.3) is 0 Å². The zero-order chi connectivity index (χ0) is 23.3. The minimum Gasteiger partial charge on any atom is -0.339 e. The van der Waals surface area contributed by atoms with Gasteiger partial charge in [0.25, 0.3) is 23.2 Å². The molecule has 0 atom stereocenters. The first-order valence-electron chi connectivity index (χ1n) is 9.70. The van der Waals surface area contributed by atoms with Crippen molar-refractivity contribution in [1.29, 1.82) is 0 Å². The summed E-state index contributed by atoms with van der Waals surface area (Å²) in [6.07, 6.45) is 3.04. The number of thiocarbonyl (C=S) groups is 1. The molecule has 3 rings (SSSR count). The molecule has 1 aliphatic heterocycles. The second-order valence-corrected chi connectivity index (χ2v) is 7.50. The van der Waals surface area contributed by atoms with Crippen molar-refractivity contribution in [1.82, 2.24) is 10.2 Å². The van der Waals surface area contributed by atoms with Crippen molar-refractivity contribution in [2.45, 2.75) is 19.3 Å². The minimum atomic E-state index is -0.852. The van der Waals surface area contributed by atoms with Gasteiger partial charge in [-0.2, -0.15) is 0 Å². The van der Waals surface area contributed by atoms with Gasteiger partial charge in [-0.05, 0) is 49.7 Å². The van der Waals surface area contributed by atoms with Gasteiger partial charge in [-0.15, -0.1) is 0 Å². The Hall–Kier alpha value is -3.93. The molecular formula is C20H19N5O6S. The van der Waals surface area contributed by atoms with Gasteiger partial charge in [0.1, 0.15) is 0 Å². The van der Waals surface area contributed by atoms with E-state index in [2.05, 4.69) is 10.6 Å². The summed E-state index contributed by atoms with van der Waals surface area (Å²) in [7, 11) is 0. The largest absolute Gasteiger partial charge is 0.339 e. The van der Waals surface area contributed by atoms with E-state index in [1.165, 1.54) is 0 Å². The smallest absolute Gasteiger partial charge is 0.277 e. The average molecular weight is 457 g/mol. The number of amides is 2. The van der Waals surface area contributed by atoms with Crippen LogP contribution in [0.1, 0.15) is 40.0 Å². The number of piperidine rings is 1. The van der Waals surface area contributed by atoms with E-state index in [0.29, 0.717) is 24.3 Å². The van der Waals surface area contributed by atoms with E-state index in [1.54, 1.807) is 29.2 Å². The van der Waals surface area contributed by atoms with E-state index in [4.69, 9.17) is 12.2 Å². The fourth-order valence-corrected chi connectivity index (χ4v) is 3.49. The number of hydrogen-bond donors (Lipinski definition) is 2. The standard InChI is InChI=1S/C20H19N5O6S/c26-18(14-10-16(24(28)29)12-17(11-14)25(30)31)22-20(32)21-15-6-4-5-13(9-15)19(27)23-7-2-1-3-8-23/h4-6,9-12H,1-3,7-8H2,(H2,21,22,26,32). The molecule has 1 heterocycles. The number of anilines is 1. The van der Waals surface area contributed by atoms with Crippen molar-refractivity contribution in [2.75, 3.05) is 18.4 Å². The van der Waals surface area contributed by atoms with Crippen LogP contribution in [0.15, 0.2) is 42.5 Å². The number of nitrogens with zero attached hydrogens (tertiary/aromatic N) is 3. The van der Waals surface area contributed by atoms with Crippen molar-refractivity contribution in [3.05, 3.63) is 73.8 Å². The van der Waals surface area contributed by atoms with Gasteiger partial charge in [0.2, 0.25) is 0 Å². The van der Waals surface area contributed by atoms with Crippen molar-refractivity contribution in [3.63, 3.8) is 0 Å². The molecule has 0 unspecified atom stereocenters. The van der Waals surface area contributed by atoms with E-state index in [9.17, 15) is 29.8 Å². The van der Waals surface area contributed by atoms with E-state index >= 15 is 0 Å². The van der Waals surface area contributed by atoms with Crippen LogP contribution >= 0.6 is 12.2 Å². The summed E-state index contributed by atoms with van der Waals surface area (Å²) in [5.74, 6) is -0.943. The molecule has 1 saturated heterocycles. The lowest BCUT2D eigenvalue weighted by Gasteiger charge is -2.26. The molecule has 0 bridgehead atoms. The van der Waals surface area contributed by atoms with Crippen LogP contribution in [0, 0.1) is 20.2 Å². The highest BCUT2D eigenvalue weighted by atomic mass is 32.1. The second kappa shape index (κ2) is 9.92. The first-order valence-corrected chi connectivity index (χ1v) is 10.1. The van der Waals surface area contributed by atoms with Gasteiger partial charge in [0.15, 0.2) is 5.11 Å². The summed E-state index contributed by atoms with van der Waals surface area (Å²) < 4.78 is 0. The van der Waals surface area contributed by atoms with E-state index in [-0.39, 0.29) is 16.6 Å². The van der Waals surface area contributed by atoms with Crippen LogP contribution < -0.4 is 10.6 Å². The van der Waals surface area contributed by atoms with E-state index in [0.717, 1.165) is 37.5 Å². The Morgan fingerprint density at radius 3 is 2.12 bits per heavy atom. The Bertz CT molecular complexity index is 1070. The number of rotatable bonds is 5. The summed E-state index contributed by atoms with van der Waals surface area (Å²) in [6.45, 7) is 1.42. The molecule has 2 aromatic carbocycles. The minimum absolute atomic E-state index is 0.0905. The quantitative estimate of drug-likeness (QED) is 0.395. The van der Waals surface area contributed by atoms with Crippen LogP contribution in [0.3, 0.4) is 0 Å². The van der Waals surface area contributed by atoms with Gasteiger partial charge in [-0.3, -0.25) is 35.1 Å². The van der Waals surface area contributed by atoms with E-state index < -0.39 is 27.1 Å². The lowest BCUT2D eigenvalue weighted by Crippen LogP contribution is -2.36. The molecular weight excluding hydrogens is 438 g/mol. The van der Waals surface area contributed by atoms with Gasteiger partial charge >= 0.3 is 0 Å². The summed E-state index contributed by atoms with van der Waals surface area (Å²) in [6, 6.07) is 9.22. The Morgan fingerprint density at radius 2 is 1.53 bits per heavy atom. The molecule has 0 radical (unpaired) electrons. The first-order chi connectivity index (χ1) is 15.2. The van der Waals surface area contributed by atoms with Gasteiger partial charge in [-0.1, -0.05) is 6.07 Å². The molecule has 1 fully saturated rings. The molecule has 166 valence electrons. The molecule has 1 aliphatic rings. The Morgan fingerprint density at radius 1 is 0.906 bits per heavy atom. The van der Waals surface area contributed by atoms with E-state index in [1.807, 2.05) is 0 Å². The van der Waals surface area contributed by atoms with Crippen LogP contribution in [-0.2, 0) is 0 Å². The number of non-ortho nitro benzene ring substituents is 2. The molecule has 2 N–H and O–H groups in total. The summed E-state index contributed by atoms with van der Waals surface area (Å²) in [5, 5.41) is 27.0. The zero-order valence-electron chi connectivity index (χ0n) is 16.8. The van der Waals surface area contributed by atoms with Gasteiger partial charge in [0.05, 0.1) is 21.5 Å². The number of carbonyl (C=O) groups excluding carboxylic acids is 2. The van der Waals surface area contributed by atoms with Gasteiger partial charge in [0, 0.05) is 36.5 Å². The van der Waals surface area contributed by atoms with Crippen molar-refractivity contribution >= 4 is 46.2 Å². The SMILES string of the molecule is O=C(NC(=S)Nc1cccc(C(=O)N2CCCCC2)c1)c1cc([N+](=O)[O-])cc([N+](=O)[O-])c1. The third-order valence-electron chi connectivity index (χ3n) is 4.82. The number of carbonyl (C=O) groups is 2. The number of likely N-dealkylation sites (tertiary alicyclic amines) is 1. The first kappa shape index (κ1) is 22.7. The molecule has 12 heteroatoms. The molecule has 0 aromatic heterocycles. The fourth-order valence-electron chi connectivity index (χ4n) is 3.28. The Labute approximate surface area is 187 Å². The molecule has 32 heavy (non-hydrogen) atoms. The summed E-state index contributed by atoms with van der Waals surface area (Å²) in [5.41, 5.74) is -0.535. The maximum atomic E-state index is 12.7. The number of hydrogen-bond acceptors (Lipinski definition) is 7. The van der Waals surface area contributed by atoms with Crippen molar-refractivity contribution in [2.24, 2.45) is 0 Å². The molecule has 0 spiro atoms. The number of benzene rings is 2. The average Bonchev–Trinajstić information content (AvgIpc) is 2.78. The number of nitro groups is 2. The van der Waals surface area contributed by atoms with Gasteiger partial charge in [-0.25, -0.2) is 0 Å². The Kier molecular flexibility index (Phi) is 7.05. The predicted octanol–water partition coefficient (Wildman–Crippen LogP) is 3.26. The Balaban J connectivity index is 1.69. The highest BCUT2D eigenvalue weighted by molar-refractivity contribution is 7.80. The third-order valence-corrected chi connectivity index (χ3v) is 5.03. The normalized spacial score (nSPS) is 13.2. The van der Waals surface area contributed by atoms with Crippen LogP contribution in [0.4, 0.5) is 17.1 Å². The summed E-state index contributed by atoms with van der Waals surface area (Å²) in [4.78, 5) is 47.2. The van der Waals surface area contributed by atoms with Crippen molar-refractivity contribution < 1.29 is 19.4 Å². The maximum Gasteiger partial charge on any atom is 0.277 e. The lowest BCUT2D eigenvalue weighted by molar-refractivity contribution is -0.394. The topological polar surface area (TPSA) is 148 Å². The molecule has 0 aliphatic carbocycles. The fraction of sp³-hybridized carbons (Fsp3) is 0.250. The van der Waals surface area contributed by atoms with Gasteiger partial charge < -0.3 is 10.2 Å². The highest BCUT2D eigenvalue weighted by Crippen LogP contribution is 2.23. The summed E-state index contributed by atoms with van der Waals surface area (Å²) >= 11 is 5.11. The second-order valence-electron chi connectivity index (χ2n) is 7.09. The lowest BCUT2D eigenvalue weighted by atomic mass is 10.1. The molecule has 2 aromatic rings. The zero-order valence-corrected chi connectivity index (χ0v) is 17.6. The maximum absolute atomic E-state index is 12.7. The monoisotopic (exact) mass is 457 g/mol. The predicted molar refractivity (Wildman–Crippen MR) is 120 cm³/mol. The molecule has 0 saturated carbocycles. The number of nitro benzene ring substituents is 2. The third kappa shape index (κ3) is 5.60. The van der Waals surface area contributed by atoms with Crippen molar-refractivity contribution in [3.8, 4) is 0 Å². The number of nitrogens with one attached hydrogen (secondary N) is 2. The highest BCUT2D eigenvalue weighted by Gasteiger charge is 2.21. The molecule has 2 amide bonds. The molecule has 11 nitrogen and oxygen atoms in total.